The number of carbonyl (C=O) groups excluding carboxylic acids is 1. The molecule has 1 aliphatic rings. The molecule has 0 spiro atoms. The first-order chi connectivity index (χ1) is 9.52. The average Bonchev–Trinajstić information content (AvgIpc) is 2.90. The molecule has 0 aliphatic carbocycles. The zero-order chi connectivity index (χ0) is 14.7. The summed E-state index contributed by atoms with van der Waals surface area (Å²) in [4.78, 5) is 10.1. The largest absolute Gasteiger partial charge is 0.454 e. The van der Waals surface area contributed by atoms with Gasteiger partial charge in [-0.15, -0.1) is 0 Å². The van der Waals surface area contributed by atoms with Crippen LogP contribution < -0.4 is 14.8 Å². The van der Waals surface area contributed by atoms with Crippen LogP contribution in [0.25, 0.3) is 0 Å². The van der Waals surface area contributed by atoms with Gasteiger partial charge < -0.3 is 25.0 Å². The quantitative estimate of drug-likeness (QED) is 0.696. The first-order valence-corrected chi connectivity index (χ1v) is 6.67. The van der Waals surface area contributed by atoms with Crippen molar-refractivity contribution < 1.29 is 24.5 Å². The van der Waals surface area contributed by atoms with Crippen molar-refractivity contribution in [1.29, 1.82) is 0 Å². The molecule has 0 saturated carbocycles. The fraction of sp³-hybridized carbons (Fsp3) is 0.417. The molecule has 1 aliphatic heterocycles. The lowest BCUT2D eigenvalue weighted by atomic mass is 10.0. The summed E-state index contributed by atoms with van der Waals surface area (Å²) >= 11 is 10.8. The highest BCUT2D eigenvalue weighted by Crippen LogP contribution is 2.34. The van der Waals surface area contributed by atoms with Crippen molar-refractivity contribution in [2.24, 2.45) is 0 Å². The predicted octanol–water partition coefficient (Wildman–Crippen LogP) is 0.729. The molecule has 0 fully saturated rings. The predicted molar refractivity (Wildman–Crippen MR) is 72.0 cm³/mol. The van der Waals surface area contributed by atoms with Gasteiger partial charge in [0.15, 0.2) is 16.3 Å². The molecule has 1 heterocycles. The van der Waals surface area contributed by atoms with Crippen LogP contribution in [0.1, 0.15) is 11.7 Å². The number of alkyl halides is 2. The third-order valence-corrected chi connectivity index (χ3v) is 3.24. The Bertz CT molecular complexity index is 497. The minimum absolute atomic E-state index is 0.120. The van der Waals surface area contributed by atoms with Crippen LogP contribution in [0.5, 0.6) is 11.5 Å². The van der Waals surface area contributed by atoms with Crippen molar-refractivity contribution in [3.8, 4) is 11.5 Å². The Morgan fingerprint density at radius 1 is 1.35 bits per heavy atom. The van der Waals surface area contributed by atoms with Crippen molar-refractivity contribution in [1.82, 2.24) is 5.32 Å². The normalized spacial score (nSPS) is 16.1. The van der Waals surface area contributed by atoms with Crippen LogP contribution >= 0.6 is 23.2 Å². The number of carbonyl (C=O) groups is 1. The topological polar surface area (TPSA) is 88.0 Å². The van der Waals surface area contributed by atoms with E-state index < -0.39 is 29.5 Å². The third kappa shape index (κ3) is 3.27. The van der Waals surface area contributed by atoms with Gasteiger partial charge in [-0.3, -0.25) is 4.79 Å². The summed E-state index contributed by atoms with van der Waals surface area (Å²) in [6.45, 7) is -0.350. The molecular formula is C12H13Cl2NO5. The fourth-order valence-corrected chi connectivity index (χ4v) is 1.93. The zero-order valence-electron chi connectivity index (χ0n) is 10.3. The van der Waals surface area contributed by atoms with Crippen molar-refractivity contribution in [3.05, 3.63) is 23.8 Å². The lowest BCUT2D eigenvalue weighted by Gasteiger charge is -2.23. The molecule has 2 atom stereocenters. The summed E-state index contributed by atoms with van der Waals surface area (Å²) in [5, 5.41) is 21.8. The standard InChI is InChI=1S/C12H13Cl2NO5/c13-11(14)12(18)15-7(4-16)10(17)6-1-2-8-9(3-6)20-5-19-8/h1-3,7,10-11,16-17H,4-5H2,(H,15,18)/t7-,10-/m1/s1. The highest BCUT2D eigenvalue weighted by molar-refractivity contribution is 6.53. The Kier molecular flexibility index (Phi) is 4.93. The SMILES string of the molecule is O=C(N[C@H](CO)[C@H](O)c1ccc2c(c1)OCO2)C(Cl)Cl. The molecule has 20 heavy (non-hydrogen) atoms. The Morgan fingerprint density at radius 3 is 2.70 bits per heavy atom. The second-order valence-corrected chi connectivity index (χ2v) is 5.25. The van der Waals surface area contributed by atoms with Crippen LogP contribution in [0, 0.1) is 0 Å². The van der Waals surface area contributed by atoms with E-state index in [0.29, 0.717) is 17.1 Å². The molecule has 0 radical (unpaired) electrons. The van der Waals surface area contributed by atoms with Gasteiger partial charge in [0.25, 0.3) is 5.91 Å². The molecule has 0 aromatic heterocycles. The summed E-state index contributed by atoms with van der Waals surface area (Å²) in [7, 11) is 0. The highest BCUT2D eigenvalue weighted by atomic mass is 35.5. The Balaban J connectivity index is 2.12. The second kappa shape index (κ2) is 6.49. The van der Waals surface area contributed by atoms with E-state index in [-0.39, 0.29) is 6.79 Å². The van der Waals surface area contributed by atoms with Gasteiger partial charge in [0, 0.05) is 0 Å². The van der Waals surface area contributed by atoms with Crippen molar-refractivity contribution in [3.63, 3.8) is 0 Å². The second-order valence-electron chi connectivity index (χ2n) is 4.16. The molecule has 1 aromatic carbocycles. The van der Waals surface area contributed by atoms with Gasteiger partial charge in [0.1, 0.15) is 6.10 Å². The van der Waals surface area contributed by atoms with E-state index in [1.54, 1.807) is 18.2 Å². The van der Waals surface area contributed by atoms with Gasteiger partial charge in [-0.1, -0.05) is 29.3 Å². The molecule has 2 rings (SSSR count). The van der Waals surface area contributed by atoms with Gasteiger partial charge in [0.05, 0.1) is 12.6 Å². The van der Waals surface area contributed by atoms with Gasteiger partial charge in [0.2, 0.25) is 6.79 Å². The highest BCUT2D eigenvalue weighted by Gasteiger charge is 2.26. The first kappa shape index (κ1) is 15.2. The van der Waals surface area contributed by atoms with E-state index in [2.05, 4.69) is 5.32 Å². The number of fused-ring (bicyclic) bond motifs is 1. The maximum absolute atomic E-state index is 11.4. The Morgan fingerprint density at radius 2 is 2.05 bits per heavy atom. The molecular weight excluding hydrogens is 309 g/mol. The van der Waals surface area contributed by atoms with Crippen LogP contribution in [0.2, 0.25) is 0 Å². The lowest BCUT2D eigenvalue weighted by Crippen LogP contribution is -2.44. The average molecular weight is 322 g/mol. The number of hydrogen-bond donors (Lipinski definition) is 3. The Hall–Kier alpha value is -1.21. The lowest BCUT2D eigenvalue weighted by molar-refractivity contribution is -0.121. The van der Waals surface area contributed by atoms with Gasteiger partial charge >= 0.3 is 0 Å². The summed E-state index contributed by atoms with van der Waals surface area (Å²) in [6.07, 6.45) is -1.13. The molecule has 0 bridgehead atoms. The summed E-state index contributed by atoms with van der Waals surface area (Å²) in [5.41, 5.74) is 0.467. The first-order valence-electron chi connectivity index (χ1n) is 5.80. The van der Waals surface area contributed by atoms with Crippen molar-refractivity contribution in [2.75, 3.05) is 13.4 Å². The number of rotatable bonds is 5. The third-order valence-electron chi connectivity index (χ3n) is 2.84. The number of aliphatic hydroxyl groups is 2. The molecule has 0 saturated heterocycles. The Labute approximate surface area is 125 Å². The molecule has 1 amide bonds. The fourth-order valence-electron chi connectivity index (χ4n) is 1.80. The number of benzene rings is 1. The van der Waals surface area contributed by atoms with Crippen LogP contribution in [-0.2, 0) is 4.79 Å². The number of amides is 1. The number of halogens is 2. The maximum atomic E-state index is 11.4. The molecule has 6 nitrogen and oxygen atoms in total. The molecule has 3 N–H and O–H groups in total. The van der Waals surface area contributed by atoms with E-state index in [9.17, 15) is 15.0 Å². The summed E-state index contributed by atoms with van der Waals surface area (Å²) < 4.78 is 10.4. The number of aliphatic hydroxyl groups excluding tert-OH is 2. The monoisotopic (exact) mass is 321 g/mol. The summed E-state index contributed by atoms with van der Waals surface area (Å²) in [6, 6.07) is 3.91. The van der Waals surface area contributed by atoms with Gasteiger partial charge in [-0.25, -0.2) is 0 Å². The van der Waals surface area contributed by atoms with E-state index >= 15 is 0 Å². The van der Waals surface area contributed by atoms with Gasteiger partial charge in [-0.05, 0) is 17.7 Å². The van der Waals surface area contributed by atoms with Crippen molar-refractivity contribution >= 4 is 29.1 Å². The molecule has 110 valence electrons. The van der Waals surface area contributed by atoms with Gasteiger partial charge in [-0.2, -0.15) is 0 Å². The molecule has 8 heteroatoms. The van der Waals surface area contributed by atoms with Crippen LogP contribution in [-0.4, -0.2) is 40.4 Å². The number of nitrogens with one attached hydrogen (secondary N) is 1. The van der Waals surface area contributed by atoms with E-state index in [0.717, 1.165) is 0 Å². The molecule has 0 unspecified atom stereocenters. The van der Waals surface area contributed by atoms with E-state index in [1.165, 1.54) is 0 Å². The van der Waals surface area contributed by atoms with Crippen molar-refractivity contribution in [2.45, 2.75) is 17.0 Å². The van der Waals surface area contributed by atoms with Crippen LogP contribution in [0.15, 0.2) is 18.2 Å². The molecule has 1 aromatic rings. The number of ether oxygens (including phenoxy) is 2. The maximum Gasteiger partial charge on any atom is 0.253 e. The van der Waals surface area contributed by atoms with E-state index in [1.807, 2.05) is 0 Å². The number of hydrogen-bond acceptors (Lipinski definition) is 5. The zero-order valence-corrected chi connectivity index (χ0v) is 11.8. The smallest absolute Gasteiger partial charge is 0.253 e. The minimum Gasteiger partial charge on any atom is -0.454 e. The van der Waals surface area contributed by atoms with Crippen LogP contribution in [0.3, 0.4) is 0 Å². The van der Waals surface area contributed by atoms with E-state index in [4.69, 9.17) is 32.7 Å². The van der Waals surface area contributed by atoms with Crippen LogP contribution in [0.4, 0.5) is 0 Å². The minimum atomic E-state index is -1.27. The summed E-state index contributed by atoms with van der Waals surface area (Å²) in [5.74, 6) is 0.386.